The molecule has 1 fully saturated rings. The van der Waals surface area contributed by atoms with Gasteiger partial charge in [-0.1, -0.05) is 11.6 Å². The Hall–Kier alpha value is -0.750. The van der Waals surface area contributed by atoms with Crippen LogP contribution in [0.15, 0.2) is 11.4 Å². The van der Waals surface area contributed by atoms with E-state index in [1.807, 2.05) is 11.4 Å². The van der Waals surface area contributed by atoms with Gasteiger partial charge in [0.25, 0.3) is 0 Å². The van der Waals surface area contributed by atoms with Gasteiger partial charge in [0.05, 0.1) is 12.6 Å². The Morgan fingerprint density at radius 1 is 1.39 bits per heavy atom. The summed E-state index contributed by atoms with van der Waals surface area (Å²) in [7, 11) is 0. The van der Waals surface area contributed by atoms with Gasteiger partial charge in [0, 0.05) is 18.5 Å². The fourth-order valence-corrected chi connectivity index (χ4v) is 3.30. The second-order valence-electron chi connectivity index (χ2n) is 4.58. The molecule has 2 aromatic rings. The van der Waals surface area contributed by atoms with Gasteiger partial charge >= 0.3 is 0 Å². The highest BCUT2D eigenvalue weighted by atomic mass is 35.5. The van der Waals surface area contributed by atoms with Crippen LogP contribution in [-0.2, 0) is 6.54 Å². The van der Waals surface area contributed by atoms with Gasteiger partial charge in [-0.05, 0) is 24.3 Å². The van der Waals surface area contributed by atoms with Crippen LogP contribution in [0.4, 0.5) is 0 Å². The molecular weight excluding hydrogens is 270 g/mol. The smallest absolute Gasteiger partial charge is 0.145 e. The number of aromatic nitrogens is 2. The minimum absolute atomic E-state index is 0.148. The van der Waals surface area contributed by atoms with Crippen molar-refractivity contribution in [1.82, 2.24) is 14.9 Å². The molecule has 0 saturated carbocycles. The van der Waals surface area contributed by atoms with E-state index >= 15 is 0 Å². The number of fused-ring (bicyclic) bond motifs is 1. The number of aliphatic hydroxyl groups excluding tert-OH is 1. The van der Waals surface area contributed by atoms with Crippen molar-refractivity contribution in [3.05, 3.63) is 22.4 Å². The lowest BCUT2D eigenvalue weighted by atomic mass is 10.1. The van der Waals surface area contributed by atoms with Gasteiger partial charge < -0.3 is 5.11 Å². The van der Waals surface area contributed by atoms with E-state index in [-0.39, 0.29) is 6.10 Å². The van der Waals surface area contributed by atoms with Crippen LogP contribution in [0.3, 0.4) is 0 Å². The third kappa shape index (κ3) is 2.49. The Kier molecular flexibility index (Phi) is 3.48. The Bertz CT molecular complexity index is 551. The molecule has 6 heteroatoms. The van der Waals surface area contributed by atoms with Crippen LogP contribution in [0, 0.1) is 0 Å². The summed E-state index contributed by atoms with van der Waals surface area (Å²) in [6, 6.07) is 1.95. The van der Waals surface area contributed by atoms with Gasteiger partial charge in [-0.3, -0.25) is 4.90 Å². The summed E-state index contributed by atoms with van der Waals surface area (Å²) >= 11 is 7.73. The van der Waals surface area contributed by atoms with Crippen molar-refractivity contribution in [2.45, 2.75) is 25.5 Å². The Labute approximate surface area is 114 Å². The Morgan fingerprint density at radius 2 is 2.17 bits per heavy atom. The number of aliphatic hydroxyl groups is 1. The van der Waals surface area contributed by atoms with Crippen molar-refractivity contribution in [3.63, 3.8) is 0 Å². The zero-order chi connectivity index (χ0) is 12.5. The van der Waals surface area contributed by atoms with Crippen molar-refractivity contribution >= 4 is 33.2 Å². The third-order valence-electron chi connectivity index (χ3n) is 3.25. The first-order valence-electron chi connectivity index (χ1n) is 6.02. The molecule has 0 radical (unpaired) electrons. The summed E-state index contributed by atoms with van der Waals surface area (Å²) in [5, 5.41) is 12.9. The topological polar surface area (TPSA) is 49.2 Å². The number of thiophene rings is 1. The van der Waals surface area contributed by atoms with Gasteiger partial charge in [-0.2, -0.15) is 0 Å². The van der Waals surface area contributed by atoms with E-state index in [9.17, 15) is 5.11 Å². The van der Waals surface area contributed by atoms with Gasteiger partial charge in [0.2, 0.25) is 0 Å². The van der Waals surface area contributed by atoms with Crippen molar-refractivity contribution in [2.75, 3.05) is 13.1 Å². The summed E-state index contributed by atoms with van der Waals surface area (Å²) in [5.74, 6) is 0.770. The molecule has 1 N–H and O–H groups in total. The SMILES string of the molecule is OC1CCN(Cc2nc(Cl)c3ccsc3n2)CC1. The monoisotopic (exact) mass is 283 g/mol. The highest BCUT2D eigenvalue weighted by Gasteiger charge is 2.18. The lowest BCUT2D eigenvalue weighted by Crippen LogP contribution is -2.35. The maximum Gasteiger partial charge on any atom is 0.145 e. The predicted molar refractivity (Wildman–Crippen MR) is 72.9 cm³/mol. The molecule has 0 unspecified atom stereocenters. The van der Waals surface area contributed by atoms with Crippen molar-refractivity contribution in [1.29, 1.82) is 0 Å². The molecule has 18 heavy (non-hydrogen) atoms. The van der Waals surface area contributed by atoms with E-state index in [0.717, 1.165) is 42.0 Å². The average Bonchev–Trinajstić information content (AvgIpc) is 2.81. The highest BCUT2D eigenvalue weighted by molar-refractivity contribution is 7.16. The molecule has 0 atom stereocenters. The molecule has 1 saturated heterocycles. The summed E-state index contributed by atoms with van der Waals surface area (Å²) in [6.45, 7) is 2.50. The van der Waals surface area contributed by atoms with E-state index in [1.165, 1.54) is 0 Å². The molecular formula is C12H14ClN3OS. The highest BCUT2D eigenvalue weighted by Crippen LogP contribution is 2.25. The van der Waals surface area contributed by atoms with E-state index in [4.69, 9.17) is 11.6 Å². The number of piperidine rings is 1. The largest absolute Gasteiger partial charge is 0.393 e. The number of rotatable bonds is 2. The fourth-order valence-electron chi connectivity index (χ4n) is 2.21. The molecule has 96 valence electrons. The molecule has 0 aliphatic carbocycles. The van der Waals surface area contributed by atoms with Crippen molar-refractivity contribution in [2.24, 2.45) is 0 Å². The Morgan fingerprint density at radius 3 is 2.94 bits per heavy atom. The second-order valence-corrected chi connectivity index (χ2v) is 5.83. The first-order chi connectivity index (χ1) is 8.72. The number of hydrogen-bond acceptors (Lipinski definition) is 5. The number of likely N-dealkylation sites (tertiary alicyclic amines) is 1. The molecule has 1 aliphatic rings. The summed E-state index contributed by atoms with van der Waals surface area (Å²) in [6.07, 6.45) is 1.51. The number of hydrogen-bond donors (Lipinski definition) is 1. The minimum atomic E-state index is -0.148. The van der Waals surface area contributed by atoms with E-state index in [0.29, 0.717) is 11.7 Å². The lowest BCUT2D eigenvalue weighted by molar-refractivity contribution is 0.0781. The molecule has 3 heterocycles. The second kappa shape index (κ2) is 5.09. The lowest BCUT2D eigenvalue weighted by Gasteiger charge is -2.28. The van der Waals surface area contributed by atoms with Crippen LogP contribution in [0.1, 0.15) is 18.7 Å². The zero-order valence-corrected chi connectivity index (χ0v) is 11.4. The molecule has 3 rings (SSSR count). The average molecular weight is 284 g/mol. The quantitative estimate of drug-likeness (QED) is 0.859. The first kappa shape index (κ1) is 12.3. The van der Waals surface area contributed by atoms with Gasteiger partial charge in [0.15, 0.2) is 0 Å². The molecule has 0 bridgehead atoms. The Balaban J connectivity index is 1.78. The number of halogens is 1. The van der Waals surface area contributed by atoms with Gasteiger partial charge in [0.1, 0.15) is 15.8 Å². The molecule has 2 aromatic heterocycles. The predicted octanol–water partition coefficient (Wildman–Crippen LogP) is 2.30. The maximum absolute atomic E-state index is 9.47. The van der Waals surface area contributed by atoms with Crippen LogP contribution < -0.4 is 0 Å². The standard InChI is InChI=1S/C12H14ClN3OS/c13-11-9-3-6-18-12(9)15-10(14-11)7-16-4-1-8(17)2-5-16/h3,6,8,17H,1-2,4-5,7H2. The summed E-state index contributed by atoms with van der Waals surface area (Å²) in [4.78, 5) is 12.1. The van der Waals surface area contributed by atoms with Gasteiger partial charge in [-0.25, -0.2) is 9.97 Å². The molecule has 0 spiro atoms. The normalized spacial score (nSPS) is 18.6. The minimum Gasteiger partial charge on any atom is -0.393 e. The zero-order valence-electron chi connectivity index (χ0n) is 9.84. The third-order valence-corrected chi connectivity index (χ3v) is 4.34. The van der Waals surface area contributed by atoms with Gasteiger partial charge in [-0.15, -0.1) is 11.3 Å². The van der Waals surface area contributed by atoms with Crippen molar-refractivity contribution in [3.8, 4) is 0 Å². The maximum atomic E-state index is 9.47. The summed E-state index contributed by atoms with van der Waals surface area (Å²) in [5.41, 5.74) is 0. The molecule has 4 nitrogen and oxygen atoms in total. The van der Waals surface area contributed by atoms with E-state index in [2.05, 4.69) is 14.9 Å². The van der Waals surface area contributed by atoms with Crippen LogP contribution >= 0.6 is 22.9 Å². The number of nitrogens with zero attached hydrogens (tertiary/aromatic N) is 3. The van der Waals surface area contributed by atoms with Crippen LogP contribution in [0.5, 0.6) is 0 Å². The summed E-state index contributed by atoms with van der Waals surface area (Å²) < 4.78 is 0. The molecule has 1 aliphatic heterocycles. The van der Waals surface area contributed by atoms with Crippen LogP contribution in [0.2, 0.25) is 5.15 Å². The van der Waals surface area contributed by atoms with Crippen LogP contribution in [0.25, 0.3) is 10.2 Å². The van der Waals surface area contributed by atoms with E-state index in [1.54, 1.807) is 11.3 Å². The van der Waals surface area contributed by atoms with Crippen LogP contribution in [-0.4, -0.2) is 39.2 Å². The first-order valence-corrected chi connectivity index (χ1v) is 7.28. The molecule has 0 aromatic carbocycles. The fraction of sp³-hybridized carbons (Fsp3) is 0.500. The van der Waals surface area contributed by atoms with Crippen molar-refractivity contribution < 1.29 is 5.11 Å². The molecule has 0 amide bonds. The van der Waals surface area contributed by atoms with E-state index < -0.39 is 0 Å².